The molecule has 0 atom stereocenters. The Morgan fingerprint density at radius 3 is 2.65 bits per heavy atom. The molecule has 0 aliphatic rings. The summed E-state index contributed by atoms with van der Waals surface area (Å²) < 4.78 is 24.0. The Hall–Kier alpha value is -1.44. The molecule has 7 heteroatoms. The van der Waals surface area contributed by atoms with Gasteiger partial charge in [-0.05, 0) is 37.6 Å². The molecule has 1 aromatic rings. The van der Waals surface area contributed by atoms with Gasteiger partial charge in [0.05, 0.1) is 12.8 Å². The van der Waals surface area contributed by atoms with Crippen molar-refractivity contribution in [2.24, 2.45) is 0 Å². The standard InChI is InChI=1S/C13H21N3O3S/c1-11-5-3-6-12(9-11)16-13(17)10-14-7-4-8-15-20(2,18)19/h3,5-6,9,14-15H,4,7-8,10H2,1-2H3,(H,16,17). The normalized spacial score (nSPS) is 11.3. The summed E-state index contributed by atoms with van der Waals surface area (Å²) >= 11 is 0. The molecule has 0 saturated heterocycles. The second-order valence-electron chi connectivity index (χ2n) is 4.61. The lowest BCUT2D eigenvalue weighted by Gasteiger charge is -2.07. The minimum Gasteiger partial charge on any atom is -0.325 e. The molecule has 0 saturated carbocycles. The van der Waals surface area contributed by atoms with E-state index >= 15 is 0 Å². The Labute approximate surface area is 120 Å². The van der Waals surface area contributed by atoms with Crippen LogP contribution in [-0.4, -0.2) is 40.2 Å². The fraction of sp³-hybridized carbons (Fsp3) is 0.462. The predicted molar refractivity (Wildman–Crippen MR) is 80.1 cm³/mol. The Morgan fingerprint density at radius 2 is 2.00 bits per heavy atom. The summed E-state index contributed by atoms with van der Waals surface area (Å²) in [4.78, 5) is 11.6. The van der Waals surface area contributed by atoms with Crippen molar-refractivity contribution in [2.45, 2.75) is 13.3 Å². The number of amides is 1. The third-order valence-corrected chi connectivity index (χ3v) is 3.21. The van der Waals surface area contributed by atoms with Gasteiger partial charge in [0.25, 0.3) is 0 Å². The van der Waals surface area contributed by atoms with E-state index in [9.17, 15) is 13.2 Å². The molecule has 1 rings (SSSR count). The lowest BCUT2D eigenvalue weighted by atomic mass is 10.2. The molecule has 0 radical (unpaired) electrons. The number of rotatable bonds is 8. The molecule has 0 bridgehead atoms. The number of sulfonamides is 1. The van der Waals surface area contributed by atoms with E-state index in [4.69, 9.17) is 0 Å². The van der Waals surface area contributed by atoms with Gasteiger partial charge in [-0.1, -0.05) is 12.1 Å². The fourth-order valence-electron chi connectivity index (χ4n) is 1.60. The van der Waals surface area contributed by atoms with Crippen molar-refractivity contribution in [1.29, 1.82) is 0 Å². The second-order valence-corrected chi connectivity index (χ2v) is 6.45. The van der Waals surface area contributed by atoms with Crippen molar-refractivity contribution in [1.82, 2.24) is 10.0 Å². The molecule has 3 N–H and O–H groups in total. The maximum atomic E-state index is 11.6. The Morgan fingerprint density at radius 1 is 1.25 bits per heavy atom. The predicted octanol–water partition coefficient (Wildman–Crippen LogP) is 0.462. The number of anilines is 1. The van der Waals surface area contributed by atoms with Crippen molar-refractivity contribution in [3.05, 3.63) is 29.8 Å². The van der Waals surface area contributed by atoms with Crippen molar-refractivity contribution in [3.8, 4) is 0 Å². The zero-order valence-corrected chi connectivity index (χ0v) is 12.6. The highest BCUT2D eigenvalue weighted by atomic mass is 32.2. The third kappa shape index (κ3) is 7.88. The van der Waals surface area contributed by atoms with Crippen molar-refractivity contribution < 1.29 is 13.2 Å². The Balaban J connectivity index is 2.15. The van der Waals surface area contributed by atoms with E-state index in [2.05, 4.69) is 15.4 Å². The number of aryl methyl sites for hydroxylation is 1. The highest BCUT2D eigenvalue weighted by molar-refractivity contribution is 7.88. The summed E-state index contributed by atoms with van der Waals surface area (Å²) in [6, 6.07) is 7.58. The van der Waals surface area contributed by atoms with Crippen LogP contribution in [0.5, 0.6) is 0 Å². The largest absolute Gasteiger partial charge is 0.325 e. The van der Waals surface area contributed by atoms with Crippen molar-refractivity contribution in [3.63, 3.8) is 0 Å². The molecule has 1 amide bonds. The van der Waals surface area contributed by atoms with Gasteiger partial charge in [0, 0.05) is 12.2 Å². The van der Waals surface area contributed by atoms with Crippen LogP contribution in [0.15, 0.2) is 24.3 Å². The van der Waals surface area contributed by atoms with Crippen molar-refractivity contribution >= 4 is 21.6 Å². The molecule has 0 heterocycles. The van der Waals surface area contributed by atoms with Gasteiger partial charge in [-0.25, -0.2) is 13.1 Å². The first-order valence-electron chi connectivity index (χ1n) is 6.39. The van der Waals surface area contributed by atoms with Crippen LogP contribution < -0.4 is 15.4 Å². The molecule has 0 aromatic heterocycles. The molecular formula is C13H21N3O3S. The van der Waals surface area contributed by atoms with Crippen LogP contribution in [0.1, 0.15) is 12.0 Å². The van der Waals surface area contributed by atoms with Crippen LogP contribution in [-0.2, 0) is 14.8 Å². The number of nitrogens with one attached hydrogen (secondary N) is 3. The average molecular weight is 299 g/mol. The van der Waals surface area contributed by atoms with Gasteiger partial charge >= 0.3 is 0 Å². The molecular weight excluding hydrogens is 278 g/mol. The van der Waals surface area contributed by atoms with Crippen LogP contribution in [0.25, 0.3) is 0 Å². The number of hydrogen-bond donors (Lipinski definition) is 3. The number of benzene rings is 1. The highest BCUT2D eigenvalue weighted by Gasteiger charge is 2.02. The maximum Gasteiger partial charge on any atom is 0.238 e. The maximum absolute atomic E-state index is 11.6. The minimum atomic E-state index is -3.13. The minimum absolute atomic E-state index is 0.119. The zero-order chi connectivity index (χ0) is 15.0. The van der Waals surface area contributed by atoms with Gasteiger partial charge < -0.3 is 10.6 Å². The summed E-state index contributed by atoms with van der Waals surface area (Å²) in [6.07, 6.45) is 1.75. The lowest BCUT2D eigenvalue weighted by Crippen LogP contribution is -2.31. The van der Waals surface area contributed by atoms with Crippen molar-refractivity contribution in [2.75, 3.05) is 31.2 Å². The number of carbonyl (C=O) groups is 1. The van der Waals surface area contributed by atoms with Gasteiger partial charge in [-0.3, -0.25) is 4.79 Å². The summed E-state index contributed by atoms with van der Waals surface area (Å²) in [5.41, 5.74) is 1.86. The van der Waals surface area contributed by atoms with Gasteiger partial charge in [-0.15, -0.1) is 0 Å². The van der Waals surface area contributed by atoms with Crippen LogP contribution >= 0.6 is 0 Å². The van der Waals surface area contributed by atoms with E-state index in [1.807, 2.05) is 31.2 Å². The van der Waals surface area contributed by atoms with E-state index in [0.717, 1.165) is 17.5 Å². The van der Waals surface area contributed by atoms with Gasteiger partial charge in [0.1, 0.15) is 0 Å². The smallest absolute Gasteiger partial charge is 0.238 e. The monoisotopic (exact) mass is 299 g/mol. The summed E-state index contributed by atoms with van der Waals surface area (Å²) in [6.45, 7) is 3.10. The van der Waals surface area contributed by atoms with E-state index in [-0.39, 0.29) is 12.5 Å². The summed E-state index contributed by atoms with van der Waals surface area (Å²) in [7, 11) is -3.13. The van der Waals surface area contributed by atoms with Gasteiger partial charge in [-0.2, -0.15) is 0 Å². The second kappa shape index (κ2) is 7.98. The topological polar surface area (TPSA) is 87.3 Å². The quantitative estimate of drug-likeness (QED) is 0.609. The van der Waals surface area contributed by atoms with Gasteiger partial charge in [0.2, 0.25) is 15.9 Å². The molecule has 6 nitrogen and oxygen atoms in total. The van der Waals surface area contributed by atoms with E-state index < -0.39 is 10.0 Å². The average Bonchev–Trinajstić information content (AvgIpc) is 2.32. The van der Waals surface area contributed by atoms with E-state index in [1.54, 1.807) is 0 Å². The molecule has 0 aliphatic carbocycles. The zero-order valence-electron chi connectivity index (χ0n) is 11.8. The lowest BCUT2D eigenvalue weighted by molar-refractivity contribution is -0.115. The number of hydrogen-bond acceptors (Lipinski definition) is 4. The molecule has 0 aliphatic heterocycles. The molecule has 0 spiro atoms. The molecule has 0 fully saturated rings. The van der Waals surface area contributed by atoms with Crippen LogP contribution in [0.2, 0.25) is 0 Å². The third-order valence-electron chi connectivity index (χ3n) is 2.48. The summed E-state index contributed by atoms with van der Waals surface area (Å²) in [5, 5.41) is 5.74. The number of carbonyl (C=O) groups excluding carboxylic acids is 1. The van der Waals surface area contributed by atoms with Crippen LogP contribution in [0.4, 0.5) is 5.69 Å². The SMILES string of the molecule is Cc1cccc(NC(=O)CNCCCNS(C)(=O)=O)c1. The molecule has 1 aromatic carbocycles. The first-order chi connectivity index (χ1) is 9.37. The first-order valence-corrected chi connectivity index (χ1v) is 8.28. The van der Waals surface area contributed by atoms with E-state index in [0.29, 0.717) is 19.5 Å². The molecule has 20 heavy (non-hydrogen) atoms. The van der Waals surface area contributed by atoms with Crippen LogP contribution in [0.3, 0.4) is 0 Å². The Kier molecular flexibility index (Phi) is 6.63. The van der Waals surface area contributed by atoms with E-state index in [1.165, 1.54) is 0 Å². The summed E-state index contributed by atoms with van der Waals surface area (Å²) in [5.74, 6) is -0.119. The highest BCUT2D eigenvalue weighted by Crippen LogP contribution is 2.08. The molecule has 112 valence electrons. The fourth-order valence-corrected chi connectivity index (χ4v) is 2.12. The first kappa shape index (κ1) is 16.6. The Bertz CT molecular complexity index is 544. The van der Waals surface area contributed by atoms with Gasteiger partial charge in [0.15, 0.2) is 0 Å². The van der Waals surface area contributed by atoms with Crippen LogP contribution in [0, 0.1) is 6.92 Å². The molecule has 0 unspecified atom stereocenters.